The van der Waals surface area contributed by atoms with E-state index in [1.807, 2.05) is 6.07 Å². The molecular weight excluding hydrogens is 293 g/mol. The van der Waals surface area contributed by atoms with Crippen LogP contribution in [0.2, 0.25) is 0 Å². The van der Waals surface area contributed by atoms with Crippen LogP contribution in [0.4, 0.5) is 10.1 Å². The van der Waals surface area contributed by atoms with Gasteiger partial charge >= 0.3 is 0 Å². The van der Waals surface area contributed by atoms with Crippen molar-refractivity contribution in [3.8, 4) is 0 Å². The highest BCUT2D eigenvalue weighted by Gasteiger charge is 2.23. The quantitative estimate of drug-likeness (QED) is 0.729. The van der Waals surface area contributed by atoms with Crippen molar-refractivity contribution in [2.24, 2.45) is 5.92 Å². The Labute approximate surface area is 118 Å². The second kappa shape index (κ2) is 6.05. The molecule has 1 fully saturated rings. The Morgan fingerprint density at radius 3 is 2.56 bits per heavy atom. The third-order valence-corrected chi connectivity index (χ3v) is 4.70. The molecule has 1 aliphatic carbocycles. The molecule has 1 aromatic carbocycles. The Balaban J connectivity index is 2.18. The predicted molar refractivity (Wildman–Crippen MR) is 78.9 cm³/mol. The Hall–Kier alpha value is -0.570. The first kappa shape index (κ1) is 13.9. The Bertz CT molecular complexity index is 399. The molecule has 18 heavy (non-hydrogen) atoms. The lowest BCUT2D eigenvalue weighted by Gasteiger charge is -2.36. The third-order valence-electron chi connectivity index (χ3n) is 4.14. The SMILES string of the molecule is CC1CCC(N(C)c2cccc(F)c2CBr)CC1. The van der Waals surface area contributed by atoms with Crippen LogP contribution in [-0.2, 0) is 5.33 Å². The highest BCUT2D eigenvalue weighted by atomic mass is 79.9. The van der Waals surface area contributed by atoms with Crippen molar-refractivity contribution in [3.05, 3.63) is 29.6 Å². The van der Waals surface area contributed by atoms with Crippen LogP contribution in [0.3, 0.4) is 0 Å². The van der Waals surface area contributed by atoms with Gasteiger partial charge in [-0.05, 0) is 43.7 Å². The summed E-state index contributed by atoms with van der Waals surface area (Å²) in [6, 6.07) is 5.92. The minimum atomic E-state index is -0.111. The number of anilines is 1. The highest BCUT2D eigenvalue weighted by molar-refractivity contribution is 9.08. The molecule has 0 aliphatic heterocycles. The second-order valence-electron chi connectivity index (χ2n) is 5.40. The molecule has 0 unspecified atom stereocenters. The summed E-state index contributed by atoms with van der Waals surface area (Å²) in [5.74, 6) is 0.734. The zero-order valence-corrected chi connectivity index (χ0v) is 12.7. The van der Waals surface area contributed by atoms with Crippen LogP contribution < -0.4 is 4.90 Å². The number of nitrogens with zero attached hydrogens (tertiary/aromatic N) is 1. The summed E-state index contributed by atoms with van der Waals surface area (Å²) in [7, 11) is 2.10. The Kier molecular flexibility index (Phi) is 4.66. The molecular formula is C15H21BrFN. The number of hydrogen-bond acceptors (Lipinski definition) is 1. The number of benzene rings is 1. The van der Waals surface area contributed by atoms with E-state index < -0.39 is 0 Å². The Morgan fingerprint density at radius 1 is 1.28 bits per heavy atom. The summed E-state index contributed by atoms with van der Waals surface area (Å²) < 4.78 is 13.8. The number of alkyl halides is 1. The standard InChI is InChI=1S/C15H21BrFN/c1-11-6-8-12(9-7-11)18(2)15-5-3-4-14(17)13(15)10-16/h3-5,11-12H,6-10H2,1-2H3. The lowest BCUT2D eigenvalue weighted by atomic mass is 9.86. The molecule has 1 saturated carbocycles. The normalized spacial score (nSPS) is 24.0. The largest absolute Gasteiger partial charge is 0.371 e. The predicted octanol–water partition coefficient (Wildman–Crippen LogP) is 4.74. The van der Waals surface area contributed by atoms with Gasteiger partial charge in [0.05, 0.1) is 0 Å². The lowest BCUT2D eigenvalue weighted by Crippen LogP contribution is -2.35. The zero-order valence-electron chi connectivity index (χ0n) is 11.1. The van der Waals surface area contributed by atoms with Crippen LogP contribution in [0.5, 0.6) is 0 Å². The van der Waals surface area contributed by atoms with E-state index in [1.54, 1.807) is 6.07 Å². The van der Waals surface area contributed by atoms with E-state index in [4.69, 9.17) is 0 Å². The van der Waals surface area contributed by atoms with Crippen molar-refractivity contribution in [1.29, 1.82) is 0 Å². The molecule has 0 saturated heterocycles. The van der Waals surface area contributed by atoms with E-state index in [2.05, 4.69) is 34.8 Å². The van der Waals surface area contributed by atoms with Gasteiger partial charge in [0.15, 0.2) is 0 Å². The molecule has 0 atom stereocenters. The van der Waals surface area contributed by atoms with E-state index in [9.17, 15) is 4.39 Å². The van der Waals surface area contributed by atoms with Crippen LogP contribution in [0.25, 0.3) is 0 Å². The van der Waals surface area contributed by atoms with E-state index in [0.29, 0.717) is 11.4 Å². The smallest absolute Gasteiger partial charge is 0.129 e. The van der Waals surface area contributed by atoms with Crippen molar-refractivity contribution >= 4 is 21.6 Å². The first-order valence-corrected chi connectivity index (χ1v) is 7.81. The van der Waals surface area contributed by atoms with Gasteiger partial charge in [0, 0.05) is 29.7 Å². The summed E-state index contributed by atoms with van der Waals surface area (Å²) in [5, 5.41) is 0.572. The molecule has 3 heteroatoms. The van der Waals surface area contributed by atoms with Gasteiger partial charge < -0.3 is 4.90 Å². The molecule has 1 aromatic rings. The minimum absolute atomic E-state index is 0.111. The van der Waals surface area contributed by atoms with E-state index in [0.717, 1.165) is 17.2 Å². The Morgan fingerprint density at radius 2 is 1.94 bits per heavy atom. The fourth-order valence-corrected chi connectivity index (χ4v) is 3.39. The van der Waals surface area contributed by atoms with Crippen LogP contribution in [0.1, 0.15) is 38.2 Å². The molecule has 0 heterocycles. The maximum atomic E-state index is 13.8. The molecule has 0 amide bonds. The lowest BCUT2D eigenvalue weighted by molar-refractivity contribution is 0.340. The van der Waals surface area contributed by atoms with Crippen LogP contribution in [0.15, 0.2) is 18.2 Å². The fourth-order valence-electron chi connectivity index (χ4n) is 2.84. The van der Waals surface area contributed by atoms with E-state index in [-0.39, 0.29) is 5.82 Å². The molecule has 1 nitrogen and oxygen atoms in total. The van der Waals surface area contributed by atoms with Crippen molar-refractivity contribution < 1.29 is 4.39 Å². The first-order chi connectivity index (χ1) is 8.63. The second-order valence-corrected chi connectivity index (χ2v) is 5.96. The van der Waals surface area contributed by atoms with Crippen molar-refractivity contribution in [2.45, 2.75) is 44.0 Å². The number of rotatable bonds is 3. The summed E-state index contributed by atoms with van der Waals surface area (Å²) >= 11 is 3.39. The monoisotopic (exact) mass is 313 g/mol. The zero-order chi connectivity index (χ0) is 13.1. The van der Waals surface area contributed by atoms with Crippen molar-refractivity contribution in [3.63, 3.8) is 0 Å². The summed E-state index contributed by atoms with van der Waals surface area (Å²) in [6.45, 7) is 2.32. The van der Waals surface area contributed by atoms with Crippen molar-refractivity contribution in [2.75, 3.05) is 11.9 Å². The molecule has 0 aromatic heterocycles. The van der Waals surface area contributed by atoms with Gasteiger partial charge in [-0.2, -0.15) is 0 Å². The van der Waals surface area contributed by atoms with Gasteiger partial charge in [0.1, 0.15) is 5.82 Å². The average molecular weight is 314 g/mol. The van der Waals surface area contributed by atoms with Gasteiger partial charge in [0.2, 0.25) is 0 Å². The molecule has 100 valence electrons. The number of hydrogen-bond donors (Lipinski definition) is 0. The molecule has 0 bridgehead atoms. The fraction of sp³-hybridized carbons (Fsp3) is 0.600. The maximum absolute atomic E-state index is 13.8. The highest BCUT2D eigenvalue weighted by Crippen LogP contribution is 2.32. The van der Waals surface area contributed by atoms with Gasteiger partial charge in [-0.1, -0.05) is 28.9 Å². The topological polar surface area (TPSA) is 3.24 Å². The molecule has 0 radical (unpaired) electrons. The van der Waals surface area contributed by atoms with Crippen LogP contribution in [-0.4, -0.2) is 13.1 Å². The van der Waals surface area contributed by atoms with Crippen molar-refractivity contribution in [1.82, 2.24) is 0 Å². The summed E-state index contributed by atoms with van der Waals surface area (Å²) in [6.07, 6.45) is 5.01. The summed E-state index contributed by atoms with van der Waals surface area (Å²) in [4.78, 5) is 2.27. The van der Waals surface area contributed by atoms with Gasteiger partial charge in [-0.25, -0.2) is 4.39 Å². The van der Waals surface area contributed by atoms with Gasteiger partial charge in [-0.3, -0.25) is 0 Å². The van der Waals surface area contributed by atoms with Gasteiger partial charge in [0.25, 0.3) is 0 Å². The number of halogens is 2. The molecule has 2 rings (SSSR count). The van der Waals surface area contributed by atoms with E-state index in [1.165, 1.54) is 31.7 Å². The first-order valence-electron chi connectivity index (χ1n) is 6.69. The van der Waals surface area contributed by atoms with Gasteiger partial charge in [-0.15, -0.1) is 0 Å². The van der Waals surface area contributed by atoms with Crippen LogP contribution >= 0.6 is 15.9 Å². The van der Waals surface area contributed by atoms with Crippen LogP contribution in [0, 0.1) is 11.7 Å². The maximum Gasteiger partial charge on any atom is 0.129 e. The average Bonchev–Trinajstić information content (AvgIpc) is 2.38. The molecule has 0 N–H and O–H groups in total. The molecule has 1 aliphatic rings. The van der Waals surface area contributed by atoms with E-state index >= 15 is 0 Å². The molecule has 0 spiro atoms. The summed E-state index contributed by atoms with van der Waals surface area (Å²) in [5.41, 5.74) is 1.81. The minimum Gasteiger partial charge on any atom is -0.371 e. The third kappa shape index (κ3) is 2.87.